The Hall–Kier alpha value is -1.62. The molecule has 5 heteroatoms. The molecule has 0 saturated heterocycles. The van der Waals surface area contributed by atoms with E-state index in [9.17, 15) is 4.79 Å². The Morgan fingerprint density at radius 1 is 1.38 bits per heavy atom. The van der Waals surface area contributed by atoms with E-state index in [1.165, 1.54) is 11.8 Å². The van der Waals surface area contributed by atoms with Gasteiger partial charge >= 0.3 is 5.97 Å². The van der Waals surface area contributed by atoms with Gasteiger partial charge in [0.2, 0.25) is 0 Å². The first-order chi connectivity index (χ1) is 7.75. The van der Waals surface area contributed by atoms with E-state index in [4.69, 9.17) is 5.11 Å². The lowest BCUT2D eigenvalue weighted by molar-refractivity contribution is -0.136. The van der Waals surface area contributed by atoms with E-state index >= 15 is 0 Å². The predicted octanol–water partition coefficient (Wildman–Crippen LogP) is 2.20. The van der Waals surface area contributed by atoms with Gasteiger partial charge in [-0.3, -0.25) is 4.79 Å². The number of hydrogen-bond donors (Lipinski definition) is 1. The van der Waals surface area contributed by atoms with Gasteiger partial charge in [0, 0.05) is 17.3 Å². The Labute approximate surface area is 96.7 Å². The summed E-state index contributed by atoms with van der Waals surface area (Å²) in [6.07, 6.45) is 1.88. The summed E-state index contributed by atoms with van der Waals surface area (Å²) < 4.78 is 0. The molecule has 0 unspecified atom stereocenters. The smallest absolute Gasteiger partial charge is 0.304 e. The zero-order valence-corrected chi connectivity index (χ0v) is 9.28. The van der Waals surface area contributed by atoms with Gasteiger partial charge in [-0.15, -0.1) is 0 Å². The molecule has 1 aromatic carbocycles. The molecule has 0 aliphatic rings. The molecule has 0 aliphatic heterocycles. The number of carbonyl (C=O) groups is 1. The van der Waals surface area contributed by atoms with Gasteiger partial charge in [-0.25, -0.2) is 9.97 Å². The van der Waals surface area contributed by atoms with Crippen molar-refractivity contribution in [2.75, 3.05) is 5.75 Å². The fourth-order valence-corrected chi connectivity index (χ4v) is 2.00. The number of nitrogens with zero attached hydrogens (tertiary/aromatic N) is 2. The summed E-state index contributed by atoms with van der Waals surface area (Å²) in [6, 6.07) is 7.71. The molecule has 0 saturated carbocycles. The maximum absolute atomic E-state index is 10.3. The average molecular weight is 234 g/mol. The number of aliphatic carboxylic acids is 1. The third kappa shape index (κ3) is 2.70. The van der Waals surface area contributed by atoms with Crippen LogP contribution in [-0.2, 0) is 4.79 Å². The largest absolute Gasteiger partial charge is 0.481 e. The van der Waals surface area contributed by atoms with Crippen LogP contribution < -0.4 is 0 Å². The summed E-state index contributed by atoms with van der Waals surface area (Å²) >= 11 is 1.36. The Morgan fingerprint density at radius 3 is 3.00 bits per heavy atom. The lowest BCUT2D eigenvalue weighted by atomic mass is 10.2. The molecular weight excluding hydrogens is 224 g/mol. The molecule has 1 aromatic heterocycles. The maximum atomic E-state index is 10.3. The number of rotatable bonds is 4. The van der Waals surface area contributed by atoms with Crippen LogP contribution in [-0.4, -0.2) is 26.8 Å². The topological polar surface area (TPSA) is 63.1 Å². The van der Waals surface area contributed by atoms with E-state index in [-0.39, 0.29) is 6.42 Å². The van der Waals surface area contributed by atoms with Crippen LogP contribution >= 0.6 is 11.8 Å². The van der Waals surface area contributed by atoms with E-state index in [2.05, 4.69) is 9.97 Å². The van der Waals surface area contributed by atoms with Crippen molar-refractivity contribution < 1.29 is 9.90 Å². The van der Waals surface area contributed by atoms with Gasteiger partial charge in [0.1, 0.15) is 0 Å². The van der Waals surface area contributed by atoms with E-state index in [1.807, 2.05) is 24.3 Å². The number of hydrogen-bond acceptors (Lipinski definition) is 4. The summed E-state index contributed by atoms with van der Waals surface area (Å²) in [7, 11) is 0. The van der Waals surface area contributed by atoms with Crippen LogP contribution in [0.25, 0.3) is 10.9 Å². The lowest BCUT2D eigenvalue weighted by Crippen LogP contribution is -1.97. The van der Waals surface area contributed by atoms with Crippen molar-refractivity contribution in [3.63, 3.8) is 0 Å². The lowest BCUT2D eigenvalue weighted by Gasteiger charge is -2.00. The van der Waals surface area contributed by atoms with Crippen LogP contribution in [0.5, 0.6) is 0 Å². The molecule has 4 nitrogen and oxygen atoms in total. The van der Waals surface area contributed by atoms with Crippen LogP contribution in [0.1, 0.15) is 6.42 Å². The van der Waals surface area contributed by atoms with Crippen molar-refractivity contribution in [3.8, 4) is 0 Å². The highest BCUT2D eigenvalue weighted by atomic mass is 32.2. The first kappa shape index (κ1) is 10.9. The number of thioether (sulfide) groups is 1. The summed E-state index contributed by atoms with van der Waals surface area (Å²) in [5, 5.41) is 10.1. The Morgan fingerprint density at radius 2 is 2.19 bits per heavy atom. The first-order valence-electron chi connectivity index (χ1n) is 4.82. The SMILES string of the molecule is O=C(O)CCSc1ncc2ccccc2n1. The fraction of sp³-hybridized carbons (Fsp3) is 0.182. The molecule has 0 bridgehead atoms. The number of fused-ring (bicyclic) bond motifs is 1. The molecule has 82 valence electrons. The molecular formula is C11H10N2O2S. The van der Waals surface area contributed by atoms with Gasteiger partial charge in [-0.2, -0.15) is 0 Å². The van der Waals surface area contributed by atoms with Crippen LogP contribution in [0.15, 0.2) is 35.6 Å². The van der Waals surface area contributed by atoms with Crippen molar-refractivity contribution in [2.45, 2.75) is 11.6 Å². The van der Waals surface area contributed by atoms with E-state index in [0.717, 1.165) is 10.9 Å². The molecule has 1 heterocycles. The first-order valence-corrected chi connectivity index (χ1v) is 5.80. The van der Waals surface area contributed by atoms with Gasteiger partial charge < -0.3 is 5.11 Å². The molecule has 0 fully saturated rings. The standard InChI is InChI=1S/C11H10N2O2S/c14-10(15)5-6-16-11-12-7-8-3-1-2-4-9(8)13-11/h1-4,7H,5-6H2,(H,14,15). The van der Waals surface area contributed by atoms with Crippen LogP contribution in [0.3, 0.4) is 0 Å². The Kier molecular flexibility index (Phi) is 3.36. The van der Waals surface area contributed by atoms with Crippen molar-refractivity contribution >= 4 is 28.6 Å². The van der Waals surface area contributed by atoms with Gasteiger partial charge in [0.15, 0.2) is 5.16 Å². The molecule has 16 heavy (non-hydrogen) atoms. The number of benzene rings is 1. The number of aromatic nitrogens is 2. The van der Waals surface area contributed by atoms with E-state index in [1.54, 1.807) is 6.20 Å². The summed E-state index contributed by atoms with van der Waals surface area (Å²) in [4.78, 5) is 18.8. The molecule has 0 aliphatic carbocycles. The quantitative estimate of drug-likeness (QED) is 0.649. The highest BCUT2D eigenvalue weighted by Gasteiger charge is 2.02. The van der Waals surface area contributed by atoms with Gasteiger partial charge in [0.05, 0.1) is 11.9 Å². The van der Waals surface area contributed by atoms with Gasteiger partial charge in [-0.1, -0.05) is 30.0 Å². The van der Waals surface area contributed by atoms with Crippen molar-refractivity contribution in [1.29, 1.82) is 0 Å². The van der Waals surface area contributed by atoms with Gasteiger partial charge in [-0.05, 0) is 6.07 Å². The molecule has 0 atom stereocenters. The van der Waals surface area contributed by atoms with E-state index < -0.39 is 5.97 Å². The van der Waals surface area contributed by atoms with Crippen LogP contribution in [0.4, 0.5) is 0 Å². The molecule has 0 spiro atoms. The van der Waals surface area contributed by atoms with Gasteiger partial charge in [0.25, 0.3) is 0 Å². The molecule has 2 rings (SSSR count). The predicted molar refractivity (Wildman–Crippen MR) is 62.5 cm³/mol. The van der Waals surface area contributed by atoms with Crippen molar-refractivity contribution in [3.05, 3.63) is 30.5 Å². The average Bonchev–Trinajstić information content (AvgIpc) is 2.28. The maximum Gasteiger partial charge on any atom is 0.304 e. The number of carboxylic acid groups (broad SMARTS) is 1. The van der Waals surface area contributed by atoms with E-state index in [0.29, 0.717) is 10.9 Å². The third-order valence-electron chi connectivity index (χ3n) is 2.01. The Balaban J connectivity index is 2.10. The monoisotopic (exact) mass is 234 g/mol. The molecule has 0 radical (unpaired) electrons. The van der Waals surface area contributed by atoms with Crippen molar-refractivity contribution in [1.82, 2.24) is 9.97 Å². The summed E-state index contributed by atoms with van der Waals surface area (Å²) in [6.45, 7) is 0. The second kappa shape index (κ2) is 4.94. The summed E-state index contributed by atoms with van der Waals surface area (Å²) in [5.41, 5.74) is 0.885. The molecule has 2 aromatic rings. The zero-order chi connectivity index (χ0) is 11.4. The highest BCUT2D eigenvalue weighted by Crippen LogP contribution is 2.17. The zero-order valence-electron chi connectivity index (χ0n) is 8.46. The van der Waals surface area contributed by atoms with Crippen LogP contribution in [0, 0.1) is 0 Å². The Bertz CT molecular complexity index is 516. The summed E-state index contributed by atoms with van der Waals surface area (Å²) in [5.74, 6) is -0.304. The normalized spacial score (nSPS) is 10.5. The highest BCUT2D eigenvalue weighted by molar-refractivity contribution is 7.99. The fourth-order valence-electron chi connectivity index (χ4n) is 1.25. The molecule has 1 N–H and O–H groups in total. The van der Waals surface area contributed by atoms with Crippen molar-refractivity contribution in [2.24, 2.45) is 0 Å². The minimum absolute atomic E-state index is 0.126. The minimum Gasteiger partial charge on any atom is -0.481 e. The second-order valence-corrected chi connectivity index (χ2v) is 4.27. The molecule has 0 amide bonds. The number of carboxylic acids is 1. The second-order valence-electron chi connectivity index (χ2n) is 3.20. The minimum atomic E-state index is -0.798. The van der Waals surface area contributed by atoms with Crippen LogP contribution in [0.2, 0.25) is 0 Å². The third-order valence-corrected chi connectivity index (χ3v) is 2.88. The number of para-hydroxylation sites is 1.